The Bertz CT molecular complexity index is 483. The maximum absolute atomic E-state index is 12.3. The van der Waals surface area contributed by atoms with E-state index in [0.29, 0.717) is 0 Å². The lowest BCUT2D eigenvalue weighted by Gasteiger charge is -2.46. The van der Waals surface area contributed by atoms with E-state index in [1.165, 1.54) is 5.56 Å². The summed E-state index contributed by atoms with van der Waals surface area (Å²) in [5.41, 5.74) is 1.37. The Morgan fingerprint density at radius 2 is 2.06 bits per heavy atom. The maximum atomic E-state index is 12.3. The Labute approximate surface area is 111 Å². The predicted octanol–water partition coefficient (Wildman–Crippen LogP) is 1.01. The van der Waals surface area contributed by atoms with Crippen molar-refractivity contribution in [2.75, 3.05) is 33.7 Å². The van der Waals surface area contributed by atoms with Crippen molar-refractivity contribution in [1.29, 1.82) is 0 Å². The summed E-state index contributed by atoms with van der Waals surface area (Å²) in [4.78, 5) is 7.59. The van der Waals surface area contributed by atoms with E-state index in [4.69, 9.17) is 0 Å². The predicted molar refractivity (Wildman–Crippen MR) is 71.7 cm³/mol. The molecule has 98 valence electrons. The van der Waals surface area contributed by atoms with Gasteiger partial charge in [0.1, 0.15) is 11.0 Å². The number of nitrogens with zero attached hydrogens (tertiary/aromatic N) is 3. The number of rotatable bonds is 0. The van der Waals surface area contributed by atoms with Crippen LogP contribution < -0.4 is 0 Å². The smallest absolute Gasteiger partial charge is 0.127 e. The molecule has 3 rings (SSSR count). The summed E-state index contributed by atoms with van der Waals surface area (Å²) in [7, 11) is 3.11. The molecule has 3 heterocycles. The first-order chi connectivity index (χ1) is 8.62. The van der Waals surface area contributed by atoms with Crippen LogP contribution in [0.2, 0.25) is 0 Å². The van der Waals surface area contributed by atoms with E-state index in [1.54, 1.807) is 6.20 Å². The first kappa shape index (κ1) is 12.3. The van der Waals surface area contributed by atoms with Crippen LogP contribution in [-0.2, 0) is 16.4 Å². The van der Waals surface area contributed by atoms with E-state index in [1.807, 2.05) is 23.6 Å². The Morgan fingerprint density at radius 1 is 1.33 bits per heavy atom. The summed E-state index contributed by atoms with van der Waals surface area (Å²) in [5, 5.41) is 0. The fraction of sp³-hybridized carbons (Fsp3) is 0.615. The van der Waals surface area contributed by atoms with Gasteiger partial charge in [0.25, 0.3) is 0 Å². The molecule has 0 saturated carbocycles. The number of aromatic nitrogens is 1. The van der Waals surface area contributed by atoms with Gasteiger partial charge in [-0.3, -0.25) is 4.98 Å². The standard InChI is InChI=1S/C13H19N3OS/c1-15-7-4-13(5-8-15)10-16(2)18(17)12-3-6-14-9-11(12)13/h3,6,9H,4-5,7-8,10H2,1-2H3. The van der Waals surface area contributed by atoms with Gasteiger partial charge in [0.05, 0.1) is 4.90 Å². The molecule has 2 aliphatic rings. The van der Waals surface area contributed by atoms with E-state index in [0.717, 1.165) is 37.4 Å². The minimum atomic E-state index is -1.02. The van der Waals surface area contributed by atoms with Crippen LogP contribution in [0.3, 0.4) is 0 Å². The van der Waals surface area contributed by atoms with Crippen LogP contribution in [0.1, 0.15) is 18.4 Å². The van der Waals surface area contributed by atoms with Gasteiger partial charge in [0.15, 0.2) is 0 Å². The fourth-order valence-corrected chi connectivity index (χ4v) is 4.48. The van der Waals surface area contributed by atoms with Gasteiger partial charge < -0.3 is 4.90 Å². The Balaban J connectivity index is 2.06. The molecular formula is C13H19N3OS. The Hall–Kier alpha value is -0.780. The first-order valence-electron chi connectivity index (χ1n) is 6.38. The summed E-state index contributed by atoms with van der Waals surface area (Å²) >= 11 is 0. The second-order valence-corrected chi connectivity index (χ2v) is 7.05. The molecule has 1 saturated heterocycles. The number of fused-ring (bicyclic) bond motifs is 2. The molecule has 1 aromatic heterocycles. The molecule has 0 bridgehead atoms. The molecule has 1 fully saturated rings. The third-order valence-corrected chi connectivity index (χ3v) is 5.72. The summed E-state index contributed by atoms with van der Waals surface area (Å²) < 4.78 is 14.3. The monoisotopic (exact) mass is 265 g/mol. The van der Waals surface area contributed by atoms with Gasteiger partial charge in [-0.25, -0.2) is 8.51 Å². The van der Waals surface area contributed by atoms with Gasteiger partial charge in [0, 0.05) is 31.4 Å². The topological polar surface area (TPSA) is 36.4 Å². The van der Waals surface area contributed by atoms with E-state index < -0.39 is 11.0 Å². The Kier molecular flexibility index (Phi) is 3.00. The molecule has 0 amide bonds. The van der Waals surface area contributed by atoms with Crippen molar-refractivity contribution in [3.8, 4) is 0 Å². The largest absolute Gasteiger partial charge is 0.306 e. The van der Waals surface area contributed by atoms with Gasteiger partial charge in [-0.05, 0) is 44.6 Å². The molecule has 18 heavy (non-hydrogen) atoms. The number of pyridine rings is 1. The first-order valence-corrected chi connectivity index (χ1v) is 7.49. The molecule has 0 aromatic carbocycles. The molecule has 5 heteroatoms. The highest BCUT2D eigenvalue weighted by Gasteiger charge is 2.43. The number of likely N-dealkylation sites (tertiary alicyclic amines) is 1. The van der Waals surface area contributed by atoms with Crippen LogP contribution in [0.4, 0.5) is 0 Å². The minimum absolute atomic E-state index is 0.152. The van der Waals surface area contributed by atoms with E-state index in [-0.39, 0.29) is 5.41 Å². The summed E-state index contributed by atoms with van der Waals surface area (Å²) in [6.07, 6.45) is 5.94. The SMILES string of the molecule is CN1CCC2(CC1)CN(C)S(=O)c1ccncc12. The van der Waals surface area contributed by atoms with Crippen molar-refractivity contribution in [2.24, 2.45) is 0 Å². The van der Waals surface area contributed by atoms with Crippen LogP contribution in [0.25, 0.3) is 0 Å². The summed E-state index contributed by atoms with van der Waals surface area (Å²) in [5.74, 6) is 0. The third-order valence-electron chi connectivity index (χ3n) is 4.29. The van der Waals surface area contributed by atoms with Crippen LogP contribution in [0.15, 0.2) is 23.4 Å². The molecule has 1 aromatic rings. The van der Waals surface area contributed by atoms with Crippen LogP contribution in [-0.4, -0.2) is 52.1 Å². The zero-order valence-corrected chi connectivity index (χ0v) is 11.7. The lowest BCUT2D eigenvalue weighted by atomic mass is 9.73. The van der Waals surface area contributed by atoms with Gasteiger partial charge in [-0.15, -0.1) is 0 Å². The normalized spacial score (nSPS) is 28.2. The van der Waals surface area contributed by atoms with Crippen molar-refractivity contribution >= 4 is 11.0 Å². The van der Waals surface area contributed by atoms with Gasteiger partial charge in [-0.1, -0.05) is 0 Å². The second kappa shape index (κ2) is 4.40. The minimum Gasteiger partial charge on any atom is -0.306 e. The third kappa shape index (κ3) is 1.81. The second-order valence-electron chi connectivity index (χ2n) is 5.49. The molecule has 1 unspecified atom stereocenters. The molecular weight excluding hydrogens is 246 g/mol. The molecule has 4 nitrogen and oxygen atoms in total. The zero-order chi connectivity index (χ0) is 12.8. The van der Waals surface area contributed by atoms with Crippen LogP contribution in [0.5, 0.6) is 0 Å². The lowest BCUT2D eigenvalue weighted by Crippen LogP contribution is -2.51. The quantitative estimate of drug-likeness (QED) is 0.702. The molecule has 1 spiro atoms. The molecule has 2 aliphatic heterocycles. The number of hydrogen-bond acceptors (Lipinski definition) is 3. The van der Waals surface area contributed by atoms with Crippen molar-refractivity contribution in [3.63, 3.8) is 0 Å². The summed E-state index contributed by atoms with van der Waals surface area (Å²) in [6, 6.07) is 1.92. The number of hydrogen-bond donors (Lipinski definition) is 0. The lowest BCUT2D eigenvalue weighted by molar-refractivity contribution is 0.163. The van der Waals surface area contributed by atoms with Gasteiger partial charge in [-0.2, -0.15) is 0 Å². The van der Waals surface area contributed by atoms with Crippen molar-refractivity contribution in [2.45, 2.75) is 23.2 Å². The highest BCUT2D eigenvalue weighted by Crippen LogP contribution is 2.42. The number of likely N-dealkylation sites (N-methyl/N-ethyl adjacent to an activating group) is 1. The average molecular weight is 265 g/mol. The van der Waals surface area contributed by atoms with Crippen LogP contribution in [0, 0.1) is 0 Å². The van der Waals surface area contributed by atoms with Crippen molar-refractivity contribution in [3.05, 3.63) is 24.0 Å². The van der Waals surface area contributed by atoms with Gasteiger partial charge in [0.2, 0.25) is 0 Å². The van der Waals surface area contributed by atoms with E-state index in [9.17, 15) is 4.21 Å². The highest BCUT2D eigenvalue weighted by molar-refractivity contribution is 7.82. The Morgan fingerprint density at radius 3 is 2.78 bits per heavy atom. The van der Waals surface area contributed by atoms with Gasteiger partial charge >= 0.3 is 0 Å². The van der Waals surface area contributed by atoms with E-state index in [2.05, 4.69) is 16.9 Å². The zero-order valence-electron chi connectivity index (χ0n) is 10.9. The number of piperidine rings is 1. The molecule has 1 atom stereocenters. The van der Waals surface area contributed by atoms with E-state index >= 15 is 0 Å². The molecule has 0 radical (unpaired) electrons. The fourth-order valence-electron chi connectivity index (χ4n) is 3.14. The highest BCUT2D eigenvalue weighted by atomic mass is 32.2. The maximum Gasteiger partial charge on any atom is 0.127 e. The molecule has 0 N–H and O–H groups in total. The van der Waals surface area contributed by atoms with Crippen LogP contribution >= 0.6 is 0 Å². The van der Waals surface area contributed by atoms with Crippen molar-refractivity contribution in [1.82, 2.24) is 14.2 Å². The average Bonchev–Trinajstić information content (AvgIpc) is 2.40. The summed E-state index contributed by atoms with van der Waals surface area (Å²) in [6.45, 7) is 3.09. The van der Waals surface area contributed by atoms with Crippen molar-refractivity contribution < 1.29 is 4.21 Å². The molecule has 0 aliphatic carbocycles.